The van der Waals surface area contributed by atoms with Gasteiger partial charge in [-0.3, -0.25) is 14.4 Å². The molecule has 11 nitrogen and oxygen atoms in total. The number of carbonyl (C=O) groups excluding carboxylic acids is 3. The molecule has 0 radical (unpaired) electrons. The number of fused-ring (bicyclic) bond motifs is 1. The highest BCUT2D eigenvalue weighted by atomic mass is 32.1. The second kappa shape index (κ2) is 8.17. The zero-order valence-corrected chi connectivity index (χ0v) is 16.6. The topological polar surface area (TPSA) is 134 Å². The summed E-state index contributed by atoms with van der Waals surface area (Å²) in [6.07, 6.45) is -2.90. The predicted octanol–water partition coefficient (Wildman–Crippen LogP) is -0.322. The Morgan fingerprint density at radius 2 is 1.83 bits per heavy atom. The Hall–Kier alpha value is -2.99. The van der Waals surface area contributed by atoms with E-state index in [-0.39, 0.29) is 6.61 Å². The molecule has 2 aromatic rings. The van der Waals surface area contributed by atoms with Crippen molar-refractivity contribution in [1.82, 2.24) is 4.40 Å². The smallest absolute Gasteiger partial charge is 0.353 e. The molecule has 0 saturated carbocycles. The van der Waals surface area contributed by atoms with E-state index in [2.05, 4.69) is 0 Å². The number of ether oxygens (including phenoxy) is 4. The summed E-state index contributed by atoms with van der Waals surface area (Å²) in [7, 11) is 0. The molecule has 0 unspecified atom stereocenters. The SMILES string of the molecule is CC(=O)OC[C@H]1O[C@@H]([n+]2c(O)cc(=O)n3ccsc32)[C@@H](OC(C)=O)[C@@H]1OC(C)=O. The molecule has 3 heterocycles. The number of aromatic hydroxyl groups is 1. The summed E-state index contributed by atoms with van der Waals surface area (Å²) in [5, 5.41) is 12.1. The van der Waals surface area contributed by atoms with Crippen LogP contribution in [-0.4, -0.2) is 52.3 Å². The summed E-state index contributed by atoms with van der Waals surface area (Å²) < 4.78 is 24.0. The Kier molecular flexibility index (Phi) is 5.84. The molecular formula is C17H19N2O9S+. The fourth-order valence-corrected chi connectivity index (χ4v) is 3.98. The van der Waals surface area contributed by atoms with Gasteiger partial charge >= 0.3 is 28.4 Å². The molecule has 12 heteroatoms. The van der Waals surface area contributed by atoms with Crippen LogP contribution in [0.15, 0.2) is 22.4 Å². The van der Waals surface area contributed by atoms with E-state index in [1.807, 2.05) is 0 Å². The first-order valence-electron chi connectivity index (χ1n) is 8.55. The van der Waals surface area contributed by atoms with Crippen LogP contribution in [0.3, 0.4) is 0 Å². The minimum absolute atomic E-state index is 0.275. The molecule has 29 heavy (non-hydrogen) atoms. The Labute approximate surface area is 168 Å². The van der Waals surface area contributed by atoms with E-state index >= 15 is 0 Å². The Morgan fingerprint density at radius 1 is 1.17 bits per heavy atom. The van der Waals surface area contributed by atoms with E-state index in [0.717, 1.165) is 17.4 Å². The molecule has 0 aromatic carbocycles. The van der Waals surface area contributed by atoms with Crippen LogP contribution in [0, 0.1) is 0 Å². The Balaban J connectivity index is 2.09. The maximum Gasteiger partial charge on any atom is 0.353 e. The average Bonchev–Trinajstić information content (AvgIpc) is 3.20. The average molecular weight is 427 g/mol. The van der Waals surface area contributed by atoms with Gasteiger partial charge in [0.1, 0.15) is 25.0 Å². The summed E-state index contributed by atoms with van der Waals surface area (Å²) >= 11 is 1.14. The molecule has 3 rings (SSSR count). The molecule has 1 aliphatic heterocycles. The van der Waals surface area contributed by atoms with Crippen molar-refractivity contribution in [3.05, 3.63) is 28.0 Å². The van der Waals surface area contributed by atoms with E-state index in [0.29, 0.717) is 4.96 Å². The van der Waals surface area contributed by atoms with E-state index in [4.69, 9.17) is 18.9 Å². The van der Waals surface area contributed by atoms with Gasteiger partial charge in [-0.2, -0.15) is 8.97 Å². The molecule has 2 aromatic heterocycles. The summed E-state index contributed by atoms with van der Waals surface area (Å²) in [5.41, 5.74) is -0.468. The van der Waals surface area contributed by atoms with Crippen LogP contribution in [0.4, 0.5) is 0 Å². The highest BCUT2D eigenvalue weighted by molar-refractivity contribution is 7.14. The molecule has 1 saturated heterocycles. The number of rotatable bonds is 5. The number of hydrogen-bond donors (Lipinski definition) is 1. The second-order valence-corrected chi connectivity index (χ2v) is 7.16. The van der Waals surface area contributed by atoms with Gasteiger partial charge in [0, 0.05) is 26.2 Å². The third-order valence-corrected chi connectivity index (χ3v) is 4.99. The van der Waals surface area contributed by atoms with Crippen molar-refractivity contribution in [2.24, 2.45) is 0 Å². The van der Waals surface area contributed by atoms with Gasteiger partial charge in [0.25, 0.3) is 5.88 Å². The third kappa shape index (κ3) is 4.22. The van der Waals surface area contributed by atoms with Crippen LogP contribution in [0.2, 0.25) is 0 Å². The molecule has 1 aliphatic rings. The van der Waals surface area contributed by atoms with Gasteiger partial charge in [0.2, 0.25) is 12.3 Å². The quantitative estimate of drug-likeness (QED) is 0.387. The van der Waals surface area contributed by atoms with Crippen molar-refractivity contribution >= 4 is 34.2 Å². The standard InChI is InChI=1S/C17H18N2O9S/c1-8(20)25-7-11-14(26-9(2)21)15(27-10(3)22)16(28-11)19-13(24)6-12(23)18-4-5-29-17(18)19/h4-6,11,14-16H,7H2,1-3H3/p+1/t11-,14-,15+,16-/m1/s1. The Morgan fingerprint density at radius 3 is 2.45 bits per heavy atom. The lowest BCUT2D eigenvalue weighted by molar-refractivity contribution is -0.748. The van der Waals surface area contributed by atoms with E-state index < -0.39 is 53.9 Å². The zero-order chi connectivity index (χ0) is 21.3. The van der Waals surface area contributed by atoms with Gasteiger partial charge < -0.3 is 24.1 Å². The first kappa shape index (κ1) is 20.7. The van der Waals surface area contributed by atoms with Gasteiger partial charge in [0.05, 0.1) is 0 Å². The van der Waals surface area contributed by atoms with Gasteiger partial charge in [-0.25, -0.2) is 4.79 Å². The lowest BCUT2D eigenvalue weighted by Crippen LogP contribution is -2.50. The van der Waals surface area contributed by atoms with Gasteiger partial charge in [-0.05, 0) is 0 Å². The van der Waals surface area contributed by atoms with Gasteiger partial charge in [-0.1, -0.05) is 11.3 Å². The Bertz CT molecular complexity index is 1010. The number of carbonyl (C=O) groups is 3. The first-order valence-corrected chi connectivity index (χ1v) is 9.43. The maximum absolute atomic E-state index is 12.1. The van der Waals surface area contributed by atoms with Crippen LogP contribution in [0.1, 0.15) is 27.0 Å². The normalized spacial score (nSPS) is 23.7. The van der Waals surface area contributed by atoms with Crippen molar-refractivity contribution in [2.75, 3.05) is 6.61 Å². The largest absolute Gasteiger partial charge is 0.477 e. The van der Waals surface area contributed by atoms with Crippen molar-refractivity contribution in [2.45, 2.75) is 45.3 Å². The summed E-state index contributed by atoms with van der Waals surface area (Å²) in [6, 6.07) is 0.980. The highest BCUT2D eigenvalue weighted by Gasteiger charge is 2.54. The first-order chi connectivity index (χ1) is 13.7. The van der Waals surface area contributed by atoms with E-state index in [9.17, 15) is 24.3 Å². The maximum atomic E-state index is 12.1. The van der Waals surface area contributed by atoms with Gasteiger partial charge in [0.15, 0.2) is 6.10 Å². The monoisotopic (exact) mass is 427 g/mol. The summed E-state index contributed by atoms with van der Waals surface area (Å²) in [4.78, 5) is 46.9. The van der Waals surface area contributed by atoms with Crippen LogP contribution in [-0.2, 0) is 33.3 Å². The van der Waals surface area contributed by atoms with Crippen molar-refractivity contribution in [3.63, 3.8) is 0 Å². The third-order valence-electron chi connectivity index (χ3n) is 4.13. The van der Waals surface area contributed by atoms with Crippen LogP contribution >= 0.6 is 11.3 Å². The number of thiazole rings is 1. The fraction of sp³-hybridized carbons (Fsp3) is 0.471. The van der Waals surface area contributed by atoms with E-state index in [1.165, 1.54) is 35.9 Å². The molecule has 156 valence electrons. The van der Waals surface area contributed by atoms with Crippen LogP contribution in [0.25, 0.3) is 4.96 Å². The lowest BCUT2D eigenvalue weighted by atomic mass is 10.1. The number of nitrogens with zero attached hydrogens (tertiary/aromatic N) is 2. The molecule has 4 atom stereocenters. The van der Waals surface area contributed by atoms with Crippen molar-refractivity contribution in [1.29, 1.82) is 0 Å². The second-order valence-electron chi connectivity index (χ2n) is 6.28. The molecule has 0 bridgehead atoms. The van der Waals surface area contributed by atoms with Gasteiger partial charge in [-0.15, -0.1) is 0 Å². The summed E-state index contributed by atoms with van der Waals surface area (Å²) in [6.45, 7) is 3.27. The zero-order valence-electron chi connectivity index (χ0n) is 15.8. The predicted molar refractivity (Wildman–Crippen MR) is 95.1 cm³/mol. The number of hydrogen-bond acceptors (Lipinski definition) is 10. The van der Waals surface area contributed by atoms with Crippen molar-refractivity contribution in [3.8, 4) is 5.88 Å². The van der Waals surface area contributed by atoms with E-state index in [1.54, 1.807) is 5.38 Å². The molecule has 0 amide bonds. The lowest BCUT2D eigenvalue weighted by Gasteiger charge is -2.22. The highest BCUT2D eigenvalue weighted by Crippen LogP contribution is 2.33. The molecule has 1 fully saturated rings. The molecular weight excluding hydrogens is 408 g/mol. The number of esters is 3. The molecule has 1 N–H and O–H groups in total. The van der Waals surface area contributed by atoms with Crippen LogP contribution < -0.4 is 10.1 Å². The summed E-state index contributed by atoms with van der Waals surface area (Å²) in [5.74, 6) is -2.35. The molecule has 0 spiro atoms. The number of aromatic nitrogens is 2. The minimum Gasteiger partial charge on any atom is -0.477 e. The minimum atomic E-state index is -1.17. The molecule has 0 aliphatic carbocycles. The van der Waals surface area contributed by atoms with Crippen LogP contribution in [0.5, 0.6) is 5.88 Å². The fourth-order valence-electron chi connectivity index (χ4n) is 3.10. The van der Waals surface area contributed by atoms with Crippen molar-refractivity contribution < 1.29 is 43.0 Å².